The first kappa shape index (κ1) is 12.4. The fourth-order valence-electron chi connectivity index (χ4n) is 1.76. The number of alkyl halides is 2. The van der Waals surface area contributed by atoms with Gasteiger partial charge >= 0.3 is 5.97 Å². The van der Waals surface area contributed by atoms with Gasteiger partial charge in [0.1, 0.15) is 12.3 Å². The normalized spacial score (nSPS) is 31.3. The summed E-state index contributed by atoms with van der Waals surface area (Å²) in [6.07, 6.45) is -0.359. The third kappa shape index (κ3) is 3.76. The average molecular weight is 220 g/mol. The van der Waals surface area contributed by atoms with Crippen LogP contribution >= 0.6 is 0 Å². The molecule has 3 unspecified atom stereocenters. The Labute approximate surface area is 89.0 Å². The molecule has 0 spiro atoms. The molecule has 0 bridgehead atoms. The van der Waals surface area contributed by atoms with E-state index in [9.17, 15) is 13.6 Å². The van der Waals surface area contributed by atoms with E-state index in [1.165, 1.54) is 0 Å². The lowest BCUT2D eigenvalue weighted by atomic mass is 9.86. The summed E-state index contributed by atoms with van der Waals surface area (Å²) in [5.41, 5.74) is 0. The first-order valence-electron chi connectivity index (χ1n) is 5.60. The molecule has 0 N–H and O–H groups in total. The summed E-state index contributed by atoms with van der Waals surface area (Å²) >= 11 is 0. The molecule has 4 heteroatoms. The van der Waals surface area contributed by atoms with E-state index in [1.54, 1.807) is 0 Å². The Morgan fingerprint density at radius 1 is 1.40 bits per heavy atom. The van der Waals surface area contributed by atoms with Gasteiger partial charge in [-0.2, -0.15) is 0 Å². The minimum atomic E-state index is -1.37. The zero-order valence-corrected chi connectivity index (χ0v) is 9.05. The number of hydrogen-bond donors (Lipinski definition) is 0. The van der Waals surface area contributed by atoms with Crippen LogP contribution in [-0.4, -0.2) is 24.9 Å². The van der Waals surface area contributed by atoms with Crippen molar-refractivity contribution in [3.05, 3.63) is 0 Å². The lowest BCUT2D eigenvalue weighted by Gasteiger charge is -2.26. The Balaban J connectivity index is 2.32. The second-order valence-corrected chi connectivity index (χ2v) is 4.05. The number of ether oxygens (including phenoxy) is 1. The molecule has 0 radical (unpaired) electrons. The van der Waals surface area contributed by atoms with Crippen molar-refractivity contribution in [2.45, 2.75) is 51.4 Å². The van der Waals surface area contributed by atoms with Crippen molar-refractivity contribution in [2.75, 3.05) is 6.61 Å². The first-order valence-corrected chi connectivity index (χ1v) is 5.60. The van der Waals surface area contributed by atoms with Crippen molar-refractivity contribution in [3.8, 4) is 0 Å². The number of hydrogen-bond acceptors (Lipinski definition) is 2. The van der Waals surface area contributed by atoms with Crippen molar-refractivity contribution >= 4 is 5.97 Å². The standard InChI is InChI=1S/C11H18F2O2/c1-2-3-6-15-11(14)9-5-4-8(12)7-10(9)13/h8-10H,2-7H2,1H3. The first-order chi connectivity index (χ1) is 7.15. The van der Waals surface area contributed by atoms with Crippen LogP contribution in [0.15, 0.2) is 0 Å². The molecule has 0 saturated heterocycles. The lowest BCUT2D eigenvalue weighted by molar-refractivity contribution is -0.153. The number of carbonyl (C=O) groups excluding carboxylic acids is 1. The Hall–Kier alpha value is -0.670. The average Bonchev–Trinajstić information content (AvgIpc) is 2.17. The van der Waals surface area contributed by atoms with E-state index < -0.39 is 24.2 Å². The maximum atomic E-state index is 13.3. The van der Waals surface area contributed by atoms with E-state index in [2.05, 4.69) is 0 Å². The van der Waals surface area contributed by atoms with Crippen LogP contribution in [-0.2, 0) is 9.53 Å². The van der Waals surface area contributed by atoms with Crippen molar-refractivity contribution in [3.63, 3.8) is 0 Å². The molecule has 0 aromatic heterocycles. The third-order valence-electron chi connectivity index (χ3n) is 2.75. The summed E-state index contributed by atoms with van der Waals surface area (Å²) in [5.74, 6) is -1.24. The molecule has 2 nitrogen and oxygen atoms in total. The van der Waals surface area contributed by atoms with Crippen LogP contribution in [0.2, 0.25) is 0 Å². The summed E-state index contributed by atoms with van der Waals surface area (Å²) in [4.78, 5) is 11.4. The molecule has 1 rings (SSSR count). The van der Waals surface area contributed by atoms with Crippen LogP contribution in [0.3, 0.4) is 0 Å². The summed E-state index contributed by atoms with van der Waals surface area (Å²) in [5, 5.41) is 0. The molecule has 3 atom stereocenters. The number of rotatable bonds is 4. The summed E-state index contributed by atoms with van der Waals surface area (Å²) in [6, 6.07) is 0. The Bertz CT molecular complexity index is 209. The van der Waals surface area contributed by atoms with E-state index in [0.717, 1.165) is 12.8 Å². The van der Waals surface area contributed by atoms with E-state index in [4.69, 9.17) is 4.74 Å². The molecule has 1 aliphatic rings. The second kappa shape index (κ2) is 6.03. The van der Waals surface area contributed by atoms with Gasteiger partial charge in [-0.25, -0.2) is 8.78 Å². The van der Waals surface area contributed by atoms with Crippen LogP contribution < -0.4 is 0 Å². The van der Waals surface area contributed by atoms with Crippen molar-refractivity contribution in [1.82, 2.24) is 0 Å². The highest BCUT2D eigenvalue weighted by Gasteiger charge is 2.36. The third-order valence-corrected chi connectivity index (χ3v) is 2.75. The molecule has 0 heterocycles. The van der Waals surface area contributed by atoms with Crippen molar-refractivity contribution in [2.24, 2.45) is 5.92 Å². The van der Waals surface area contributed by atoms with Gasteiger partial charge in [0.15, 0.2) is 0 Å². The van der Waals surface area contributed by atoms with Gasteiger partial charge in [-0.1, -0.05) is 13.3 Å². The number of esters is 1. The fraction of sp³-hybridized carbons (Fsp3) is 0.909. The molecule has 88 valence electrons. The van der Waals surface area contributed by atoms with Gasteiger partial charge in [0, 0.05) is 6.42 Å². The maximum absolute atomic E-state index is 13.3. The molecular formula is C11H18F2O2. The number of halogens is 2. The van der Waals surface area contributed by atoms with E-state index >= 15 is 0 Å². The highest BCUT2D eigenvalue weighted by Crippen LogP contribution is 2.29. The van der Waals surface area contributed by atoms with Gasteiger partial charge in [0.25, 0.3) is 0 Å². The molecule has 0 aromatic rings. The zero-order valence-electron chi connectivity index (χ0n) is 9.05. The van der Waals surface area contributed by atoms with Crippen LogP contribution in [0, 0.1) is 5.92 Å². The highest BCUT2D eigenvalue weighted by molar-refractivity contribution is 5.73. The fourth-order valence-corrected chi connectivity index (χ4v) is 1.76. The summed E-state index contributed by atoms with van der Waals surface area (Å²) in [6.45, 7) is 2.33. The molecule has 1 saturated carbocycles. The molecule has 1 fully saturated rings. The minimum absolute atomic E-state index is 0.159. The monoisotopic (exact) mass is 220 g/mol. The van der Waals surface area contributed by atoms with Gasteiger partial charge in [0.05, 0.1) is 12.5 Å². The maximum Gasteiger partial charge on any atom is 0.311 e. The van der Waals surface area contributed by atoms with Crippen molar-refractivity contribution < 1.29 is 18.3 Å². The van der Waals surface area contributed by atoms with Gasteiger partial charge in [-0.15, -0.1) is 0 Å². The molecular weight excluding hydrogens is 202 g/mol. The Morgan fingerprint density at radius 2 is 2.13 bits per heavy atom. The molecule has 15 heavy (non-hydrogen) atoms. The molecule has 0 aliphatic heterocycles. The largest absolute Gasteiger partial charge is 0.465 e. The van der Waals surface area contributed by atoms with Crippen molar-refractivity contribution in [1.29, 1.82) is 0 Å². The molecule has 1 aliphatic carbocycles. The van der Waals surface area contributed by atoms with Gasteiger partial charge in [-0.05, 0) is 19.3 Å². The van der Waals surface area contributed by atoms with Gasteiger partial charge in [-0.3, -0.25) is 4.79 Å². The Kier molecular flexibility index (Phi) is 4.99. The van der Waals surface area contributed by atoms with Crippen LogP contribution in [0.1, 0.15) is 39.0 Å². The van der Waals surface area contributed by atoms with E-state index in [0.29, 0.717) is 6.61 Å². The molecule has 0 aromatic carbocycles. The number of unbranched alkanes of at least 4 members (excludes halogenated alkanes) is 1. The highest BCUT2D eigenvalue weighted by atomic mass is 19.1. The smallest absolute Gasteiger partial charge is 0.311 e. The van der Waals surface area contributed by atoms with E-state index in [-0.39, 0.29) is 19.3 Å². The summed E-state index contributed by atoms with van der Waals surface area (Å²) < 4.78 is 31.0. The van der Waals surface area contributed by atoms with Gasteiger partial charge < -0.3 is 4.74 Å². The molecule has 0 amide bonds. The topological polar surface area (TPSA) is 26.3 Å². The van der Waals surface area contributed by atoms with Crippen LogP contribution in [0.4, 0.5) is 8.78 Å². The van der Waals surface area contributed by atoms with Crippen LogP contribution in [0.25, 0.3) is 0 Å². The predicted molar refractivity (Wildman–Crippen MR) is 53.0 cm³/mol. The minimum Gasteiger partial charge on any atom is -0.465 e. The number of carbonyl (C=O) groups is 1. The van der Waals surface area contributed by atoms with Crippen LogP contribution in [0.5, 0.6) is 0 Å². The Morgan fingerprint density at radius 3 is 2.73 bits per heavy atom. The van der Waals surface area contributed by atoms with E-state index in [1.807, 2.05) is 6.92 Å². The lowest BCUT2D eigenvalue weighted by Crippen LogP contribution is -2.34. The predicted octanol–water partition coefficient (Wildman–Crippen LogP) is 2.81. The van der Waals surface area contributed by atoms with Gasteiger partial charge in [0.2, 0.25) is 0 Å². The second-order valence-electron chi connectivity index (χ2n) is 4.05. The zero-order chi connectivity index (χ0) is 11.3. The quantitative estimate of drug-likeness (QED) is 0.538. The summed E-state index contributed by atoms with van der Waals surface area (Å²) in [7, 11) is 0. The SMILES string of the molecule is CCCCOC(=O)C1CCC(F)CC1F.